The number of unbranched alkanes of at least 4 members (excludes halogenated alkanes) is 14. The Kier molecular flexibility index (Phi) is 19.4. The fraction of sp³-hybridized carbons (Fsp3) is 0.909. The molecule has 0 atom stereocenters. The van der Waals surface area contributed by atoms with Crippen LogP contribution in [0.1, 0.15) is 122 Å². The summed E-state index contributed by atoms with van der Waals surface area (Å²) < 4.78 is 0. The summed E-state index contributed by atoms with van der Waals surface area (Å²) >= 11 is 0. The third-order valence-corrected chi connectivity index (χ3v) is 4.90. The molecular weight excluding hydrogens is 326 g/mol. The molecule has 0 radical (unpaired) electrons. The van der Waals surface area contributed by atoms with Crippen LogP contribution in [0.2, 0.25) is 0 Å². The van der Waals surface area contributed by atoms with E-state index in [2.05, 4.69) is 12.2 Å². The van der Waals surface area contributed by atoms with Gasteiger partial charge in [-0.15, -0.1) is 0 Å². The number of rotatable bonds is 20. The zero-order valence-electron chi connectivity index (χ0n) is 17.2. The molecule has 4 heteroatoms. The maximum Gasteiger partial charge on any atom is 0.303 e. The van der Waals surface area contributed by atoms with Crippen LogP contribution < -0.4 is 5.32 Å². The molecule has 1 amide bonds. The summed E-state index contributed by atoms with van der Waals surface area (Å²) in [6, 6.07) is 0. The van der Waals surface area contributed by atoms with Crippen molar-refractivity contribution in [2.45, 2.75) is 122 Å². The number of carboxylic acid groups (broad SMARTS) is 1. The van der Waals surface area contributed by atoms with Gasteiger partial charge in [-0.1, -0.05) is 90.4 Å². The van der Waals surface area contributed by atoms with E-state index in [0.29, 0.717) is 12.8 Å². The lowest BCUT2D eigenvalue weighted by Crippen LogP contribution is -2.23. The molecule has 2 N–H and O–H groups in total. The van der Waals surface area contributed by atoms with Crippen molar-refractivity contribution in [2.75, 3.05) is 6.54 Å². The molecule has 0 aliphatic rings. The number of amides is 1. The monoisotopic (exact) mass is 369 g/mol. The lowest BCUT2D eigenvalue weighted by Gasteiger charge is -2.05. The Morgan fingerprint density at radius 3 is 1.38 bits per heavy atom. The van der Waals surface area contributed by atoms with Gasteiger partial charge in [0.1, 0.15) is 0 Å². The van der Waals surface area contributed by atoms with Gasteiger partial charge < -0.3 is 10.4 Å². The molecule has 0 unspecified atom stereocenters. The Morgan fingerprint density at radius 1 is 0.615 bits per heavy atom. The number of carbonyl (C=O) groups excluding carboxylic acids is 1. The molecule has 0 aliphatic carbocycles. The van der Waals surface area contributed by atoms with E-state index in [4.69, 9.17) is 5.11 Å². The second-order valence-corrected chi connectivity index (χ2v) is 7.55. The highest BCUT2D eigenvalue weighted by molar-refractivity contribution is 5.75. The molecule has 0 rings (SSSR count). The van der Waals surface area contributed by atoms with Gasteiger partial charge in [0, 0.05) is 19.4 Å². The predicted octanol–water partition coefficient (Wildman–Crippen LogP) is 6.23. The van der Waals surface area contributed by atoms with E-state index in [1.165, 1.54) is 70.6 Å². The number of hydrogen-bond donors (Lipinski definition) is 2. The highest BCUT2D eigenvalue weighted by Gasteiger charge is 2.00. The Morgan fingerprint density at radius 2 is 1.00 bits per heavy atom. The largest absolute Gasteiger partial charge is 0.481 e. The van der Waals surface area contributed by atoms with Crippen LogP contribution in [0, 0.1) is 0 Å². The minimum Gasteiger partial charge on any atom is -0.481 e. The van der Waals surface area contributed by atoms with Crippen molar-refractivity contribution in [3.05, 3.63) is 0 Å². The first-order chi connectivity index (χ1) is 12.7. The molecule has 4 nitrogen and oxygen atoms in total. The lowest BCUT2D eigenvalue weighted by atomic mass is 10.0. The third kappa shape index (κ3) is 21.0. The van der Waals surface area contributed by atoms with Gasteiger partial charge in [-0.05, 0) is 19.3 Å². The van der Waals surface area contributed by atoms with Crippen molar-refractivity contribution >= 4 is 11.9 Å². The van der Waals surface area contributed by atoms with Crippen molar-refractivity contribution in [1.82, 2.24) is 5.32 Å². The molecule has 0 aromatic heterocycles. The molecular formula is C22H43NO3. The van der Waals surface area contributed by atoms with E-state index >= 15 is 0 Å². The molecule has 26 heavy (non-hydrogen) atoms. The van der Waals surface area contributed by atoms with Crippen LogP contribution in [-0.2, 0) is 9.59 Å². The molecule has 0 spiro atoms. The summed E-state index contributed by atoms with van der Waals surface area (Å²) in [5.41, 5.74) is 0. The summed E-state index contributed by atoms with van der Waals surface area (Å²) in [7, 11) is 0. The molecule has 0 fully saturated rings. The SMILES string of the molecule is CCCCNC(=O)CCCCCCCCCCCCCCCCC(=O)O. The fourth-order valence-corrected chi connectivity index (χ4v) is 3.18. The maximum atomic E-state index is 11.5. The minimum absolute atomic E-state index is 0.223. The van der Waals surface area contributed by atoms with Crippen LogP contribution in [0.15, 0.2) is 0 Å². The van der Waals surface area contributed by atoms with Crippen LogP contribution in [0.3, 0.4) is 0 Å². The highest BCUT2D eigenvalue weighted by atomic mass is 16.4. The standard InChI is InChI=1S/C22H43NO3/c1-2-3-20-23-21(24)18-16-14-12-10-8-6-4-5-7-9-11-13-15-17-19-22(25)26/h2-20H2,1H3,(H,23,24)(H,25,26). The number of carbonyl (C=O) groups is 2. The van der Waals surface area contributed by atoms with Crippen molar-refractivity contribution in [3.8, 4) is 0 Å². The Bertz CT molecular complexity index is 331. The summed E-state index contributed by atoms with van der Waals surface area (Å²) in [4.78, 5) is 21.9. The van der Waals surface area contributed by atoms with Gasteiger partial charge in [0.25, 0.3) is 0 Å². The van der Waals surface area contributed by atoms with E-state index in [1.54, 1.807) is 0 Å². The van der Waals surface area contributed by atoms with Crippen LogP contribution in [-0.4, -0.2) is 23.5 Å². The molecule has 0 aliphatic heterocycles. The number of nitrogens with one attached hydrogen (secondary N) is 1. The van der Waals surface area contributed by atoms with Crippen molar-refractivity contribution in [2.24, 2.45) is 0 Å². The average Bonchev–Trinajstić information content (AvgIpc) is 2.61. The van der Waals surface area contributed by atoms with Gasteiger partial charge in [0.05, 0.1) is 0 Å². The van der Waals surface area contributed by atoms with E-state index < -0.39 is 5.97 Å². The lowest BCUT2D eigenvalue weighted by molar-refractivity contribution is -0.137. The summed E-state index contributed by atoms with van der Waals surface area (Å²) in [5, 5.41) is 11.5. The van der Waals surface area contributed by atoms with Crippen LogP contribution in [0.4, 0.5) is 0 Å². The minimum atomic E-state index is -0.669. The van der Waals surface area contributed by atoms with Gasteiger partial charge in [0.2, 0.25) is 5.91 Å². The second kappa shape index (κ2) is 20.3. The summed E-state index contributed by atoms with van der Waals surface area (Å²) in [6.45, 7) is 2.97. The van der Waals surface area contributed by atoms with Gasteiger partial charge in [-0.25, -0.2) is 0 Å². The molecule has 0 saturated carbocycles. The van der Waals surface area contributed by atoms with Crippen molar-refractivity contribution < 1.29 is 14.7 Å². The van der Waals surface area contributed by atoms with E-state index in [-0.39, 0.29) is 5.91 Å². The van der Waals surface area contributed by atoms with Gasteiger partial charge in [0.15, 0.2) is 0 Å². The normalized spacial score (nSPS) is 10.8. The van der Waals surface area contributed by atoms with Crippen molar-refractivity contribution in [3.63, 3.8) is 0 Å². The van der Waals surface area contributed by atoms with E-state index in [0.717, 1.165) is 38.6 Å². The Labute approximate surface area is 161 Å². The third-order valence-electron chi connectivity index (χ3n) is 4.90. The first-order valence-electron chi connectivity index (χ1n) is 11.1. The smallest absolute Gasteiger partial charge is 0.303 e. The second-order valence-electron chi connectivity index (χ2n) is 7.55. The van der Waals surface area contributed by atoms with E-state index in [9.17, 15) is 9.59 Å². The van der Waals surface area contributed by atoms with Gasteiger partial charge in [-0.2, -0.15) is 0 Å². The van der Waals surface area contributed by atoms with Crippen LogP contribution >= 0.6 is 0 Å². The predicted molar refractivity (Wildman–Crippen MR) is 109 cm³/mol. The first kappa shape index (κ1) is 24.9. The molecule has 0 aromatic rings. The molecule has 0 bridgehead atoms. The topological polar surface area (TPSA) is 66.4 Å². The quantitative estimate of drug-likeness (QED) is 0.250. The zero-order chi connectivity index (χ0) is 19.3. The summed E-state index contributed by atoms with van der Waals surface area (Å²) in [5.74, 6) is -0.446. The van der Waals surface area contributed by atoms with Gasteiger partial charge >= 0.3 is 5.97 Å². The molecule has 0 saturated heterocycles. The van der Waals surface area contributed by atoms with E-state index in [1.807, 2.05) is 0 Å². The molecule has 0 heterocycles. The number of hydrogen-bond acceptors (Lipinski definition) is 2. The molecule has 0 aromatic carbocycles. The zero-order valence-corrected chi connectivity index (χ0v) is 17.2. The average molecular weight is 370 g/mol. The van der Waals surface area contributed by atoms with Gasteiger partial charge in [-0.3, -0.25) is 9.59 Å². The summed E-state index contributed by atoms with van der Waals surface area (Å²) in [6.07, 6.45) is 20.3. The van der Waals surface area contributed by atoms with Crippen LogP contribution in [0.5, 0.6) is 0 Å². The number of carboxylic acids is 1. The Balaban J connectivity index is 3.09. The highest BCUT2D eigenvalue weighted by Crippen LogP contribution is 2.13. The fourth-order valence-electron chi connectivity index (χ4n) is 3.18. The first-order valence-corrected chi connectivity index (χ1v) is 11.1. The van der Waals surface area contributed by atoms with Crippen molar-refractivity contribution in [1.29, 1.82) is 0 Å². The molecule has 154 valence electrons. The van der Waals surface area contributed by atoms with Crippen LogP contribution in [0.25, 0.3) is 0 Å². The Hall–Kier alpha value is -1.06. The maximum absolute atomic E-state index is 11.5. The number of aliphatic carboxylic acids is 1.